The van der Waals surface area contributed by atoms with Gasteiger partial charge in [0, 0.05) is 23.5 Å². The van der Waals surface area contributed by atoms with Gasteiger partial charge in [-0.2, -0.15) is 11.8 Å². The first-order valence-electron chi connectivity index (χ1n) is 7.54. The minimum atomic E-state index is 0.361. The lowest BCUT2D eigenvalue weighted by atomic mass is 9.82. The van der Waals surface area contributed by atoms with Crippen LogP contribution in [-0.4, -0.2) is 24.2 Å². The summed E-state index contributed by atoms with van der Waals surface area (Å²) in [5.74, 6) is 3.98. The van der Waals surface area contributed by atoms with E-state index in [1.54, 1.807) is 0 Å². The second-order valence-electron chi connectivity index (χ2n) is 6.74. The predicted molar refractivity (Wildman–Crippen MR) is 89.9 cm³/mol. The van der Waals surface area contributed by atoms with Gasteiger partial charge in [-0.3, -0.25) is 0 Å². The maximum Gasteiger partial charge on any atom is 0.121 e. The smallest absolute Gasteiger partial charge is 0.121 e. The zero-order valence-electron chi connectivity index (χ0n) is 13.1. The molecule has 20 heavy (non-hydrogen) atoms. The lowest BCUT2D eigenvalue weighted by Gasteiger charge is -2.39. The van der Waals surface area contributed by atoms with E-state index in [1.807, 2.05) is 17.8 Å². The Balaban J connectivity index is 2.00. The van der Waals surface area contributed by atoms with Crippen molar-refractivity contribution in [3.05, 3.63) is 24.3 Å². The second-order valence-corrected chi connectivity index (χ2v) is 7.89. The fourth-order valence-corrected chi connectivity index (χ4v) is 3.92. The van der Waals surface area contributed by atoms with Crippen molar-refractivity contribution >= 4 is 17.4 Å². The van der Waals surface area contributed by atoms with Crippen LogP contribution in [0.3, 0.4) is 0 Å². The Morgan fingerprint density at radius 2 is 2.20 bits per heavy atom. The van der Waals surface area contributed by atoms with Gasteiger partial charge in [0.25, 0.3) is 0 Å². The van der Waals surface area contributed by atoms with Gasteiger partial charge in [0.2, 0.25) is 0 Å². The van der Waals surface area contributed by atoms with Gasteiger partial charge in [-0.25, -0.2) is 0 Å². The molecule has 2 rings (SSSR count). The molecule has 2 nitrogen and oxygen atoms in total. The minimum absolute atomic E-state index is 0.361. The Morgan fingerprint density at radius 1 is 1.40 bits per heavy atom. The van der Waals surface area contributed by atoms with Crippen molar-refractivity contribution in [2.45, 2.75) is 40.2 Å². The third kappa shape index (κ3) is 4.34. The average Bonchev–Trinajstić information content (AvgIpc) is 2.39. The molecule has 112 valence electrons. The van der Waals surface area contributed by atoms with Crippen molar-refractivity contribution in [1.82, 2.24) is 0 Å². The van der Waals surface area contributed by atoms with Crippen molar-refractivity contribution in [3.63, 3.8) is 0 Å². The standard InChI is InChI=1S/C17H27NOS/c1-13(2)11-19-15-7-5-6-14(10-15)18-16-12-20-9-8-17(16,3)4/h5-7,10,13,16,18H,8-9,11-12H2,1-4H3. The van der Waals surface area contributed by atoms with Crippen molar-refractivity contribution in [2.75, 3.05) is 23.4 Å². The van der Waals surface area contributed by atoms with Crippen LogP contribution in [0.2, 0.25) is 0 Å². The Hall–Kier alpha value is -0.830. The fourth-order valence-electron chi connectivity index (χ4n) is 2.31. The predicted octanol–water partition coefficient (Wildman–Crippen LogP) is 4.67. The van der Waals surface area contributed by atoms with Crippen LogP contribution in [0, 0.1) is 11.3 Å². The monoisotopic (exact) mass is 293 g/mol. The number of ether oxygens (including phenoxy) is 1. The zero-order valence-corrected chi connectivity index (χ0v) is 13.9. The second kappa shape index (κ2) is 6.75. The van der Waals surface area contributed by atoms with Crippen molar-refractivity contribution in [1.29, 1.82) is 0 Å². The number of benzene rings is 1. The summed E-state index contributed by atoms with van der Waals surface area (Å²) in [5, 5.41) is 3.70. The maximum atomic E-state index is 5.80. The average molecular weight is 293 g/mol. The van der Waals surface area contributed by atoms with E-state index < -0.39 is 0 Å². The van der Waals surface area contributed by atoms with E-state index >= 15 is 0 Å². The summed E-state index contributed by atoms with van der Waals surface area (Å²) < 4.78 is 5.80. The number of hydrogen-bond donors (Lipinski definition) is 1. The molecular formula is C17H27NOS. The molecular weight excluding hydrogens is 266 g/mol. The lowest BCUT2D eigenvalue weighted by Crippen LogP contribution is -2.41. The zero-order chi connectivity index (χ0) is 14.6. The summed E-state index contributed by atoms with van der Waals surface area (Å²) in [4.78, 5) is 0. The van der Waals surface area contributed by atoms with Gasteiger partial charge in [0.15, 0.2) is 0 Å². The third-order valence-corrected chi connectivity index (χ3v) is 4.94. The third-order valence-electron chi connectivity index (χ3n) is 3.88. The summed E-state index contributed by atoms with van der Waals surface area (Å²) in [5.41, 5.74) is 1.53. The van der Waals surface area contributed by atoms with Gasteiger partial charge in [-0.1, -0.05) is 33.8 Å². The van der Waals surface area contributed by atoms with E-state index in [-0.39, 0.29) is 0 Å². The molecule has 0 saturated carbocycles. The van der Waals surface area contributed by atoms with Crippen LogP contribution in [-0.2, 0) is 0 Å². The summed E-state index contributed by atoms with van der Waals surface area (Å²) in [6.45, 7) is 9.84. The van der Waals surface area contributed by atoms with Crippen molar-refractivity contribution in [2.24, 2.45) is 11.3 Å². The number of hydrogen-bond acceptors (Lipinski definition) is 3. The van der Waals surface area contributed by atoms with E-state index in [9.17, 15) is 0 Å². The Bertz CT molecular complexity index is 431. The number of thioether (sulfide) groups is 1. The van der Waals surface area contributed by atoms with Crippen LogP contribution in [0.1, 0.15) is 34.1 Å². The van der Waals surface area contributed by atoms with E-state index in [2.05, 4.69) is 51.2 Å². The molecule has 0 aromatic heterocycles. The van der Waals surface area contributed by atoms with Crippen LogP contribution in [0.15, 0.2) is 24.3 Å². The Morgan fingerprint density at radius 3 is 2.90 bits per heavy atom. The quantitative estimate of drug-likeness (QED) is 0.852. The largest absolute Gasteiger partial charge is 0.493 e. The van der Waals surface area contributed by atoms with Crippen LogP contribution < -0.4 is 10.1 Å². The molecule has 1 aromatic carbocycles. The minimum Gasteiger partial charge on any atom is -0.493 e. The molecule has 1 aliphatic rings. The van der Waals surface area contributed by atoms with Crippen LogP contribution in [0.25, 0.3) is 0 Å². The number of anilines is 1. The van der Waals surface area contributed by atoms with Crippen LogP contribution >= 0.6 is 11.8 Å². The fraction of sp³-hybridized carbons (Fsp3) is 0.647. The first-order chi connectivity index (χ1) is 9.47. The molecule has 1 atom stereocenters. The normalized spacial score (nSPS) is 21.8. The van der Waals surface area contributed by atoms with Gasteiger partial charge >= 0.3 is 0 Å². The number of nitrogens with one attached hydrogen (secondary N) is 1. The Labute approximate surface area is 127 Å². The summed E-state index contributed by atoms with van der Waals surface area (Å²) in [7, 11) is 0. The van der Waals surface area contributed by atoms with Gasteiger partial charge in [0.1, 0.15) is 5.75 Å². The molecule has 1 aromatic rings. The van der Waals surface area contributed by atoms with E-state index in [0.717, 1.165) is 12.4 Å². The molecule has 1 saturated heterocycles. The molecule has 1 N–H and O–H groups in total. The van der Waals surface area contributed by atoms with E-state index in [1.165, 1.54) is 23.6 Å². The molecule has 0 radical (unpaired) electrons. The summed E-state index contributed by atoms with van der Waals surface area (Å²) >= 11 is 2.05. The van der Waals surface area contributed by atoms with E-state index in [4.69, 9.17) is 4.74 Å². The number of rotatable bonds is 5. The highest BCUT2D eigenvalue weighted by Crippen LogP contribution is 2.36. The van der Waals surface area contributed by atoms with Crippen molar-refractivity contribution in [3.8, 4) is 5.75 Å². The highest BCUT2D eigenvalue weighted by molar-refractivity contribution is 7.99. The molecule has 3 heteroatoms. The van der Waals surface area contributed by atoms with E-state index in [0.29, 0.717) is 17.4 Å². The molecule has 1 fully saturated rings. The van der Waals surface area contributed by atoms with Gasteiger partial charge in [-0.05, 0) is 35.6 Å². The molecule has 1 unspecified atom stereocenters. The summed E-state index contributed by atoms with van der Waals surface area (Å²) in [6.07, 6.45) is 1.28. The maximum absolute atomic E-state index is 5.80. The van der Waals surface area contributed by atoms with Crippen LogP contribution in [0.4, 0.5) is 5.69 Å². The molecule has 1 heterocycles. The van der Waals surface area contributed by atoms with Crippen molar-refractivity contribution < 1.29 is 4.74 Å². The first-order valence-corrected chi connectivity index (χ1v) is 8.70. The first kappa shape index (κ1) is 15.6. The lowest BCUT2D eigenvalue weighted by molar-refractivity contribution is 0.271. The van der Waals surface area contributed by atoms with Gasteiger partial charge in [0.05, 0.1) is 6.61 Å². The highest BCUT2D eigenvalue weighted by atomic mass is 32.2. The SMILES string of the molecule is CC(C)COc1cccc(NC2CSCCC2(C)C)c1. The molecule has 1 aliphatic heterocycles. The highest BCUT2D eigenvalue weighted by Gasteiger charge is 2.32. The Kier molecular flexibility index (Phi) is 5.25. The molecule has 0 bridgehead atoms. The molecule has 0 amide bonds. The van der Waals surface area contributed by atoms with Crippen LogP contribution in [0.5, 0.6) is 5.75 Å². The topological polar surface area (TPSA) is 21.3 Å². The van der Waals surface area contributed by atoms with Gasteiger partial charge < -0.3 is 10.1 Å². The summed E-state index contributed by atoms with van der Waals surface area (Å²) in [6, 6.07) is 8.89. The molecule has 0 spiro atoms. The molecule has 0 aliphatic carbocycles. The van der Waals surface area contributed by atoms with Gasteiger partial charge in [-0.15, -0.1) is 0 Å².